The van der Waals surface area contributed by atoms with E-state index in [4.69, 9.17) is 16.7 Å². The van der Waals surface area contributed by atoms with Gasteiger partial charge >= 0.3 is 5.97 Å². The van der Waals surface area contributed by atoms with Gasteiger partial charge in [-0.1, -0.05) is 11.6 Å². The number of nitrogens with zero attached hydrogens (tertiary/aromatic N) is 3. The van der Waals surface area contributed by atoms with E-state index in [2.05, 4.69) is 10.2 Å². The Morgan fingerprint density at radius 3 is 2.75 bits per heavy atom. The molecule has 2 heterocycles. The van der Waals surface area contributed by atoms with E-state index in [1.165, 1.54) is 12.3 Å². The molecule has 0 fully saturated rings. The second kappa shape index (κ2) is 4.61. The Labute approximate surface area is 119 Å². The van der Waals surface area contributed by atoms with Gasteiger partial charge in [-0.25, -0.2) is 4.79 Å². The van der Waals surface area contributed by atoms with E-state index >= 15 is 0 Å². The van der Waals surface area contributed by atoms with Crippen molar-refractivity contribution in [3.8, 4) is 11.4 Å². The number of carboxylic acids is 1. The van der Waals surface area contributed by atoms with Crippen LogP contribution in [-0.2, 0) is 0 Å². The van der Waals surface area contributed by atoms with Gasteiger partial charge in [0.25, 0.3) is 0 Å². The van der Waals surface area contributed by atoms with Crippen LogP contribution >= 0.6 is 11.6 Å². The van der Waals surface area contributed by atoms with Crippen molar-refractivity contribution in [2.24, 2.45) is 0 Å². The normalized spacial score (nSPS) is 10.9. The van der Waals surface area contributed by atoms with Crippen LogP contribution in [0.3, 0.4) is 0 Å². The van der Waals surface area contributed by atoms with E-state index in [9.17, 15) is 4.79 Å². The summed E-state index contributed by atoms with van der Waals surface area (Å²) in [4.78, 5) is 11.0. The number of halogens is 1. The molecule has 20 heavy (non-hydrogen) atoms. The van der Waals surface area contributed by atoms with Crippen molar-refractivity contribution in [3.05, 3.63) is 52.7 Å². The lowest BCUT2D eigenvalue weighted by Gasteiger charge is -2.03. The van der Waals surface area contributed by atoms with Gasteiger partial charge in [0.2, 0.25) is 0 Å². The number of fused-ring (bicyclic) bond motifs is 1. The van der Waals surface area contributed by atoms with Crippen LogP contribution in [0.4, 0.5) is 0 Å². The minimum absolute atomic E-state index is 0.178. The molecule has 0 saturated carbocycles. The highest BCUT2D eigenvalue weighted by molar-refractivity contribution is 6.30. The molecule has 6 heteroatoms. The van der Waals surface area contributed by atoms with Crippen molar-refractivity contribution in [2.45, 2.75) is 6.92 Å². The average Bonchev–Trinajstić information content (AvgIpc) is 2.80. The van der Waals surface area contributed by atoms with Crippen molar-refractivity contribution >= 4 is 23.2 Å². The molecule has 1 aromatic carbocycles. The fraction of sp³-hybridized carbons (Fsp3) is 0.0714. The van der Waals surface area contributed by atoms with E-state index in [0.717, 1.165) is 11.1 Å². The van der Waals surface area contributed by atoms with Crippen LogP contribution < -0.4 is 0 Å². The first-order chi connectivity index (χ1) is 9.54. The number of benzene rings is 1. The molecule has 0 aliphatic heterocycles. The van der Waals surface area contributed by atoms with Gasteiger partial charge in [-0.3, -0.25) is 4.40 Å². The van der Waals surface area contributed by atoms with Crippen LogP contribution in [-0.4, -0.2) is 25.7 Å². The van der Waals surface area contributed by atoms with Crippen LogP contribution in [0.25, 0.3) is 17.0 Å². The fourth-order valence-electron chi connectivity index (χ4n) is 2.08. The van der Waals surface area contributed by atoms with Crippen molar-refractivity contribution in [1.82, 2.24) is 14.6 Å². The quantitative estimate of drug-likeness (QED) is 0.786. The molecule has 2 aromatic heterocycles. The number of hydrogen-bond acceptors (Lipinski definition) is 3. The number of aryl methyl sites for hydroxylation is 1. The summed E-state index contributed by atoms with van der Waals surface area (Å²) in [5.41, 5.74) is 2.56. The van der Waals surface area contributed by atoms with Crippen LogP contribution in [0.2, 0.25) is 5.02 Å². The second-order valence-corrected chi connectivity index (χ2v) is 4.93. The van der Waals surface area contributed by atoms with Gasteiger partial charge in [0.05, 0.1) is 5.56 Å². The molecule has 0 amide bonds. The maximum absolute atomic E-state index is 11.0. The molecule has 3 rings (SSSR count). The van der Waals surface area contributed by atoms with Gasteiger partial charge in [-0.2, -0.15) is 0 Å². The predicted octanol–water partition coefficient (Wildman–Crippen LogP) is 3.06. The topological polar surface area (TPSA) is 67.5 Å². The maximum Gasteiger partial charge on any atom is 0.337 e. The Morgan fingerprint density at radius 2 is 2.05 bits per heavy atom. The number of carbonyl (C=O) groups is 1. The lowest BCUT2D eigenvalue weighted by Crippen LogP contribution is -1.99. The van der Waals surface area contributed by atoms with Crippen LogP contribution in [0.1, 0.15) is 15.9 Å². The van der Waals surface area contributed by atoms with Crippen molar-refractivity contribution in [1.29, 1.82) is 0 Å². The molecule has 0 atom stereocenters. The molecule has 0 spiro atoms. The highest BCUT2D eigenvalue weighted by Crippen LogP contribution is 2.24. The van der Waals surface area contributed by atoms with Gasteiger partial charge in [0.15, 0.2) is 11.5 Å². The third-order valence-corrected chi connectivity index (χ3v) is 3.17. The first kappa shape index (κ1) is 12.6. The highest BCUT2D eigenvalue weighted by atomic mass is 35.5. The summed E-state index contributed by atoms with van der Waals surface area (Å²) in [6, 6.07) is 8.67. The fourth-order valence-corrected chi connectivity index (χ4v) is 2.37. The van der Waals surface area contributed by atoms with E-state index in [1.54, 1.807) is 16.5 Å². The number of pyridine rings is 1. The van der Waals surface area contributed by atoms with E-state index in [0.29, 0.717) is 16.5 Å². The number of hydrogen-bond donors (Lipinski definition) is 1. The zero-order valence-corrected chi connectivity index (χ0v) is 11.3. The molecule has 5 nitrogen and oxygen atoms in total. The molecule has 0 unspecified atom stereocenters. The summed E-state index contributed by atoms with van der Waals surface area (Å²) in [5, 5.41) is 17.8. The molecule has 0 aliphatic carbocycles. The van der Waals surface area contributed by atoms with Crippen LogP contribution in [0.5, 0.6) is 0 Å². The molecule has 0 bridgehead atoms. The summed E-state index contributed by atoms with van der Waals surface area (Å²) in [7, 11) is 0. The molecule has 1 N–H and O–H groups in total. The van der Waals surface area contributed by atoms with E-state index < -0.39 is 5.97 Å². The van der Waals surface area contributed by atoms with Crippen LogP contribution in [0, 0.1) is 6.92 Å². The van der Waals surface area contributed by atoms with Crippen LogP contribution in [0.15, 0.2) is 36.5 Å². The minimum atomic E-state index is -0.992. The zero-order chi connectivity index (χ0) is 14.3. The third kappa shape index (κ3) is 2.12. The number of rotatable bonds is 2. The maximum atomic E-state index is 11.0. The molecule has 0 radical (unpaired) electrons. The minimum Gasteiger partial charge on any atom is -0.478 e. The SMILES string of the molecule is Cc1cc(Cl)cc(-c2nnc3ccc(C(=O)O)cn23)c1. The third-order valence-electron chi connectivity index (χ3n) is 2.95. The van der Waals surface area contributed by atoms with Gasteiger partial charge in [0, 0.05) is 16.8 Å². The Balaban J connectivity index is 2.25. The van der Waals surface area contributed by atoms with Gasteiger partial charge < -0.3 is 5.11 Å². The Hall–Kier alpha value is -2.40. The summed E-state index contributed by atoms with van der Waals surface area (Å²) < 4.78 is 1.65. The second-order valence-electron chi connectivity index (χ2n) is 4.49. The monoisotopic (exact) mass is 287 g/mol. The van der Waals surface area contributed by atoms with Gasteiger partial charge in [-0.15, -0.1) is 10.2 Å². The Morgan fingerprint density at radius 1 is 1.25 bits per heavy atom. The first-order valence-corrected chi connectivity index (χ1v) is 6.28. The smallest absolute Gasteiger partial charge is 0.337 e. The Kier molecular flexibility index (Phi) is 2.91. The number of aromatic nitrogens is 3. The standard InChI is InChI=1S/C14H10ClN3O2/c1-8-4-10(6-11(15)5-8)13-17-16-12-3-2-9(14(19)20)7-18(12)13/h2-7H,1H3,(H,19,20). The lowest BCUT2D eigenvalue weighted by molar-refractivity contribution is 0.0696. The summed E-state index contributed by atoms with van der Waals surface area (Å²) in [6.45, 7) is 1.93. The summed E-state index contributed by atoms with van der Waals surface area (Å²) in [5.74, 6) is -0.428. The summed E-state index contributed by atoms with van der Waals surface area (Å²) >= 11 is 6.05. The first-order valence-electron chi connectivity index (χ1n) is 5.90. The van der Waals surface area contributed by atoms with Gasteiger partial charge in [0.1, 0.15) is 0 Å². The van der Waals surface area contributed by atoms with E-state index in [-0.39, 0.29) is 5.56 Å². The summed E-state index contributed by atoms with van der Waals surface area (Å²) in [6.07, 6.45) is 1.50. The molecule has 0 saturated heterocycles. The number of aromatic carboxylic acids is 1. The lowest BCUT2D eigenvalue weighted by atomic mass is 10.1. The van der Waals surface area contributed by atoms with Crippen molar-refractivity contribution < 1.29 is 9.90 Å². The van der Waals surface area contributed by atoms with Crippen molar-refractivity contribution in [3.63, 3.8) is 0 Å². The Bertz CT molecular complexity index is 806. The average molecular weight is 288 g/mol. The molecule has 0 aliphatic rings. The zero-order valence-electron chi connectivity index (χ0n) is 10.5. The molecular formula is C14H10ClN3O2. The predicted molar refractivity (Wildman–Crippen MR) is 75.1 cm³/mol. The number of carboxylic acid groups (broad SMARTS) is 1. The molecule has 3 aromatic rings. The van der Waals surface area contributed by atoms with Gasteiger partial charge in [-0.05, 0) is 42.8 Å². The molecule has 100 valence electrons. The van der Waals surface area contributed by atoms with E-state index in [1.807, 2.05) is 19.1 Å². The largest absolute Gasteiger partial charge is 0.478 e. The highest BCUT2D eigenvalue weighted by Gasteiger charge is 2.11. The molecular weight excluding hydrogens is 278 g/mol. The van der Waals surface area contributed by atoms with Crippen molar-refractivity contribution in [2.75, 3.05) is 0 Å².